The minimum atomic E-state index is -1.09. The third-order valence-corrected chi connectivity index (χ3v) is 5.71. The average Bonchev–Trinajstić information content (AvgIpc) is 2.86. The van der Waals surface area contributed by atoms with Crippen molar-refractivity contribution in [2.75, 3.05) is 6.26 Å². The summed E-state index contributed by atoms with van der Waals surface area (Å²) in [4.78, 5) is 12.2. The first-order valence-electron chi connectivity index (χ1n) is 8.29. The maximum absolute atomic E-state index is 13.9. The van der Waals surface area contributed by atoms with Crippen LogP contribution in [0.5, 0.6) is 0 Å². The van der Waals surface area contributed by atoms with Crippen molar-refractivity contribution in [3.63, 3.8) is 0 Å². The lowest BCUT2D eigenvalue weighted by Crippen LogP contribution is -2.11. The Hall–Kier alpha value is -2.44. The molecule has 0 bridgehead atoms. The van der Waals surface area contributed by atoms with E-state index in [9.17, 15) is 23.2 Å². The fraction of sp³-hybridized carbons (Fsp3) is 0.190. The Morgan fingerprint density at radius 1 is 1.15 bits per heavy atom. The molecule has 1 aliphatic carbocycles. The molecule has 0 amide bonds. The van der Waals surface area contributed by atoms with Crippen molar-refractivity contribution in [2.24, 2.45) is 5.92 Å². The zero-order valence-corrected chi connectivity index (χ0v) is 15.9. The lowest BCUT2D eigenvalue weighted by Gasteiger charge is -2.11. The van der Waals surface area contributed by atoms with E-state index in [2.05, 4.69) is 0 Å². The minimum Gasteiger partial charge on any atom is -0.612 e. The second-order valence-corrected chi connectivity index (χ2v) is 7.87. The molecular weight excluding hydrogens is 370 g/mol. The summed E-state index contributed by atoms with van der Waals surface area (Å²) >= 11 is -1.09. The summed E-state index contributed by atoms with van der Waals surface area (Å²) in [6.07, 6.45) is 3.39. The molecule has 2 aromatic rings. The predicted molar refractivity (Wildman–Crippen MR) is 102 cm³/mol. The maximum Gasteiger partial charge on any atom is 0.310 e. The third-order valence-electron chi connectivity index (χ3n) is 4.78. The highest BCUT2D eigenvalue weighted by molar-refractivity contribution is 7.90. The number of hydrogen-bond acceptors (Lipinski definition) is 2. The number of carboxylic acid groups (broad SMARTS) is 1. The molecule has 0 aliphatic heterocycles. The summed E-state index contributed by atoms with van der Waals surface area (Å²) < 4.78 is 39.2. The van der Waals surface area contributed by atoms with Gasteiger partial charge in [-0.05, 0) is 101 Å². The summed E-state index contributed by atoms with van der Waals surface area (Å²) in [5.74, 6) is -3.87. The Morgan fingerprint density at radius 3 is 2.22 bits per heavy atom. The number of hydrogen-bond donors (Lipinski definition) is 1. The SMILES string of the molecule is CC1=C(C(C)C(=O)O)c2cc(F)c(F)cc2C1=Cc1ccc([S+](C)[O-])cc1. The van der Waals surface area contributed by atoms with E-state index in [4.69, 9.17) is 0 Å². The van der Waals surface area contributed by atoms with Gasteiger partial charge in [-0.15, -0.1) is 0 Å². The highest BCUT2D eigenvalue weighted by Gasteiger charge is 2.31. The Balaban J connectivity index is 2.17. The van der Waals surface area contributed by atoms with E-state index in [0.717, 1.165) is 17.7 Å². The molecule has 2 aromatic carbocycles. The van der Waals surface area contributed by atoms with Crippen LogP contribution in [0, 0.1) is 17.6 Å². The first-order chi connectivity index (χ1) is 12.7. The fourth-order valence-electron chi connectivity index (χ4n) is 3.33. The van der Waals surface area contributed by atoms with Crippen molar-refractivity contribution >= 4 is 34.4 Å². The number of allylic oxidation sites excluding steroid dienone is 2. The van der Waals surface area contributed by atoms with Gasteiger partial charge in [0.1, 0.15) is 6.26 Å². The van der Waals surface area contributed by atoms with E-state index in [1.54, 1.807) is 43.5 Å². The number of rotatable bonds is 4. The van der Waals surface area contributed by atoms with E-state index in [1.807, 2.05) is 0 Å². The minimum absolute atomic E-state index is 0.402. The first kappa shape index (κ1) is 19.3. The van der Waals surface area contributed by atoms with E-state index < -0.39 is 34.7 Å². The molecule has 0 aromatic heterocycles. The number of aliphatic carboxylic acids is 1. The monoisotopic (exact) mass is 388 g/mol. The van der Waals surface area contributed by atoms with Crippen LogP contribution in [0.1, 0.15) is 30.5 Å². The standard InChI is InChI=1S/C21H18F2O3S/c1-11-15(8-13-4-6-14(7-5-13)27(3)26)16-9-18(22)19(23)10-17(16)20(11)12(2)21(24)25/h4-10,12H,1-3H3,(H,24,25). The fourth-order valence-corrected chi connectivity index (χ4v) is 3.85. The Morgan fingerprint density at radius 2 is 1.70 bits per heavy atom. The molecule has 0 spiro atoms. The van der Waals surface area contributed by atoms with Crippen LogP contribution in [0.25, 0.3) is 17.2 Å². The molecule has 6 heteroatoms. The topological polar surface area (TPSA) is 60.4 Å². The molecule has 3 rings (SSSR count). The first-order valence-corrected chi connectivity index (χ1v) is 9.85. The van der Waals surface area contributed by atoms with Gasteiger partial charge in [0, 0.05) is 0 Å². The number of carboxylic acids is 1. The summed E-state index contributed by atoms with van der Waals surface area (Å²) in [7, 11) is 0. The molecule has 0 heterocycles. The zero-order chi connectivity index (χ0) is 19.9. The number of halogens is 2. The van der Waals surface area contributed by atoms with Gasteiger partial charge < -0.3 is 9.66 Å². The molecule has 2 atom stereocenters. The van der Waals surface area contributed by atoms with Gasteiger partial charge in [-0.1, -0.05) is 0 Å². The second kappa shape index (κ2) is 7.29. The molecule has 2 unspecified atom stereocenters. The van der Waals surface area contributed by atoms with Crippen molar-refractivity contribution in [2.45, 2.75) is 18.7 Å². The second-order valence-electron chi connectivity index (χ2n) is 6.49. The van der Waals surface area contributed by atoms with Gasteiger partial charge in [-0.25, -0.2) is 8.78 Å². The highest BCUT2D eigenvalue weighted by atomic mass is 32.2. The van der Waals surface area contributed by atoms with Crippen LogP contribution in [0.15, 0.2) is 46.9 Å². The summed E-state index contributed by atoms with van der Waals surface area (Å²) in [6, 6.07) is 9.22. The van der Waals surface area contributed by atoms with Gasteiger partial charge in [-0.3, -0.25) is 4.79 Å². The quantitative estimate of drug-likeness (QED) is 0.769. The van der Waals surface area contributed by atoms with Gasteiger partial charge in [-0.2, -0.15) is 0 Å². The molecule has 1 N–H and O–H groups in total. The molecule has 0 radical (unpaired) electrons. The number of fused-ring (bicyclic) bond motifs is 1. The Kier molecular flexibility index (Phi) is 5.22. The van der Waals surface area contributed by atoms with Gasteiger partial charge in [0.25, 0.3) is 0 Å². The number of carbonyl (C=O) groups is 1. The molecule has 0 saturated heterocycles. The molecular formula is C21H18F2O3S. The smallest absolute Gasteiger partial charge is 0.310 e. The van der Waals surface area contributed by atoms with E-state index in [0.29, 0.717) is 32.7 Å². The molecule has 1 aliphatic rings. The van der Waals surface area contributed by atoms with Crippen molar-refractivity contribution in [1.82, 2.24) is 0 Å². The van der Waals surface area contributed by atoms with Gasteiger partial charge in [0.2, 0.25) is 0 Å². The average molecular weight is 388 g/mol. The molecule has 140 valence electrons. The lowest BCUT2D eigenvalue weighted by atomic mass is 9.93. The summed E-state index contributed by atoms with van der Waals surface area (Å²) in [6.45, 7) is 3.28. The van der Waals surface area contributed by atoms with Crippen molar-refractivity contribution in [1.29, 1.82) is 0 Å². The predicted octanol–water partition coefficient (Wildman–Crippen LogP) is 4.75. The zero-order valence-electron chi connectivity index (χ0n) is 15.0. The van der Waals surface area contributed by atoms with Crippen LogP contribution in [0.3, 0.4) is 0 Å². The van der Waals surface area contributed by atoms with E-state index in [-0.39, 0.29) is 0 Å². The van der Waals surface area contributed by atoms with Crippen molar-refractivity contribution in [3.05, 3.63) is 70.3 Å². The molecule has 0 saturated carbocycles. The Labute approximate surface area is 159 Å². The molecule has 3 nitrogen and oxygen atoms in total. The van der Waals surface area contributed by atoms with Gasteiger partial charge in [0.05, 0.1) is 5.92 Å². The highest BCUT2D eigenvalue weighted by Crippen LogP contribution is 2.46. The van der Waals surface area contributed by atoms with Crippen molar-refractivity contribution in [3.8, 4) is 0 Å². The summed E-state index contributed by atoms with van der Waals surface area (Å²) in [5, 5.41) is 9.42. The van der Waals surface area contributed by atoms with Crippen LogP contribution in [-0.2, 0) is 16.0 Å². The summed E-state index contributed by atoms with van der Waals surface area (Å²) in [5.41, 5.74) is 3.47. The largest absolute Gasteiger partial charge is 0.612 e. The van der Waals surface area contributed by atoms with Gasteiger partial charge >= 0.3 is 5.97 Å². The molecule has 0 fully saturated rings. The molecule has 27 heavy (non-hydrogen) atoms. The van der Waals surface area contributed by atoms with Crippen molar-refractivity contribution < 1.29 is 23.2 Å². The normalized spacial score (nSPS) is 17.2. The van der Waals surface area contributed by atoms with Crippen LogP contribution < -0.4 is 0 Å². The number of benzene rings is 2. The maximum atomic E-state index is 13.9. The third kappa shape index (κ3) is 3.55. The van der Waals surface area contributed by atoms with Crippen LogP contribution in [0.4, 0.5) is 8.78 Å². The van der Waals surface area contributed by atoms with Gasteiger partial charge in [0.15, 0.2) is 16.5 Å². The lowest BCUT2D eigenvalue weighted by molar-refractivity contribution is -0.139. The van der Waals surface area contributed by atoms with Crippen LogP contribution in [0.2, 0.25) is 0 Å². The Bertz CT molecular complexity index is 976. The van der Waals surface area contributed by atoms with Crippen LogP contribution >= 0.6 is 0 Å². The van der Waals surface area contributed by atoms with E-state index in [1.165, 1.54) is 6.92 Å². The van der Waals surface area contributed by atoms with E-state index >= 15 is 0 Å². The van der Waals surface area contributed by atoms with Crippen LogP contribution in [-0.4, -0.2) is 21.9 Å².